The van der Waals surface area contributed by atoms with Crippen LogP contribution < -0.4 is 5.32 Å². The Balaban J connectivity index is 1.18. The molecule has 7 rings (SSSR count). The highest BCUT2D eigenvalue weighted by Gasteiger charge is 2.48. The highest BCUT2D eigenvalue weighted by molar-refractivity contribution is 5.87. The number of benzene rings is 3. The number of fused-ring (bicyclic) bond motifs is 6. The average Bonchev–Trinajstić information content (AvgIpc) is 3.35. The molecule has 8 heteroatoms. The molecule has 3 aromatic rings. The molecule has 8 nitrogen and oxygen atoms in total. The van der Waals surface area contributed by atoms with Crippen molar-refractivity contribution in [2.75, 3.05) is 13.2 Å². The number of amides is 2. The molecule has 3 aromatic carbocycles. The quantitative estimate of drug-likeness (QED) is 0.367. The molecule has 2 heterocycles. The highest BCUT2D eigenvalue weighted by atomic mass is 16.5. The van der Waals surface area contributed by atoms with Gasteiger partial charge in [-0.1, -0.05) is 78.9 Å². The zero-order chi connectivity index (χ0) is 29.2. The van der Waals surface area contributed by atoms with E-state index in [1.54, 1.807) is 11.8 Å². The summed E-state index contributed by atoms with van der Waals surface area (Å²) < 4.78 is 11.9. The van der Waals surface area contributed by atoms with Crippen LogP contribution in [0.4, 0.5) is 4.79 Å². The van der Waals surface area contributed by atoms with Crippen molar-refractivity contribution in [2.24, 2.45) is 11.8 Å². The van der Waals surface area contributed by atoms with E-state index in [0.717, 1.165) is 34.2 Å². The van der Waals surface area contributed by atoms with Gasteiger partial charge in [0.05, 0.1) is 18.6 Å². The number of carbonyl (C=O) groups excluding carboxylic acids is 2. The molecule has 2 aliphatic carbocycles. The lowest BCUT2D eigenvalue weighted by atomic mass is 9.72. The number of ether oxygens (including phenoxy) is 2. The van der Waals surface area contributed by atoms with Gasteiger partial charge in [0.1, 0.15) is 12.6 Å². The molecule has 4 aliphatic rings. The Hall–Kier alpha value is -4.17. The molecule has 0 spiro atoms. The normalized spacial score (nSPS) is 22.1. The molecule has 0 radical (unpaired) electrons. The molecule has 42 heavy (non-hydrogen) atoms. The standard InChI is InChI=1S/C34H36N2O6/c1-21(41-19-22-9-3-2-4-10-22)31(32(37)36-18-23-15-16-30(36)28(17-23)33(38)39)35-34(40)42-20-29-26-13-7-5-11-24(26)25-12-6-8-14-27(25)29/h2-14,21,23,28-31H,15-20H2,1H3,(H,35,40)(H,38,39). The lowest BCUT2D eigenvalue weighted by Crippen LogP contribution is -2.63. The minimum absolute atomic E-state index is 0.113. The molecule has 1 saturated carbocycles. The van der Waals surface area contributed by atoms with Gasteiger partial charge in [0.2, 0.25) is 5.91 Å². The number of nitrogens with zero attached hydrogens (tertiary/aromatic N) is 1. The molecule has 5 unspecified atom stereocenters. The third-order valence-electron chi connectivity index (χ3n) is 9.09. The van der Waals surface area contributed by atoms with Gasteiger partial charge in [0.25, 0.3) is 0 Å². The van der Waals surface area contributed by atoms with Crippen LogP contribution in [-0.2, 0) is 25.7 Å². The Morgan fingerprint density at radius 3 is 2.21 bits per heavy atom. The van der Waals surface area contributed by atoms with Gasteiger partial charge in [-0.2, -0.15) is 0 Å². The van der Waals surface area contributed by atoms with Gasteiger partial charge in [-0.05, 0) is 59.9 Å². The molecule has 3 fully saturated rings. The number of nitrogens with one attached hydrogen (secondary N) is 1. The summed E-state index contributed by atoms with van der Waals surface area (Å²) >= 11 is 0. The van der Waals surface area contributed by atoms with E-state index in [0.29, 0.717) is 19.4 Å². The van der Waals surface area contributed by atoms with Crippen molar-refractivity contribution < 1.29 is 29.0 Å². The molecule has 2 amide bonds. The van der Waals surface area contributed by atoms with E-state index in [9.17, 15) is 19.5 Å². The third kappa shape index (κ3) is 5.51. The Morgan fingerprint density at radius 1 is 0.929 bits per heavy atom. The summed E-state index contributed by atoms with van der Waals surface area (Å²) in [6.45, 7) is 2.63. The van der Waals surface area contributed by atoms with E-state index < -0.39 is 36.2 Å². The number of carboxylic acid groups (broad SMARTS) is 1. The van der Waals surface area contributed by atoms with E-state index in [-0.39, 0.29) is 31.0 Å². The number of carbonyl (C=O) groups is 3. The maximum atomic E-state index is 14.0. The number of hydrogen-bond donors (Lipinski definition) is 2. The largest absolute Gasteiger partial charge is 0.481 e. The molecule has 2 N–H and O–H groups in total. The zero-order valence-corrected chi connectivity index (χ0v) is 23.6. The minimum Gasteiger partial charge on any atom is -0.481 e. The fraction of sp³-hybridized carbons (Fsp3) is 0.382. The van der Waals surface area contributed by atoms with Crippen molar-refractivity contribution in [2.45, 2.75) is 56.9 Å². The fourth-order valence-corrected chi connectivity index (χ4v) is 6.94. The molecule has 0 aromatic heterocycles. The van der Waals surface area contributed by atoms with Crippen molar-refractivity contribution in [1.82, 2.24) is 10.2 Å². The maximum Gasteiger partial charge on any atom is 0.407 e. The number of hydrogen-bond acceptors (Lipinski definition) is 5. The second kappa shape index (κ2) is 12.0. The Morgan fingerprint density at radius 2 is 1.57 bits per heavy atom. The number of alkyl carbamates (subject to hydrolysis) is 1. The van der Waals surface area contributed by atoms with Gasteiger partial charge in [0.15, 0.2) is 0 Å². The van der Waals surface area contributed by atoms with Crippen LogP contribution in [0.3, 0.4) is 0 Å². The minimum atomic E-state index is -1.03. The number of piperidine rings is 2. The van der Waals surface area contributed by atoms with E-state index >= 15 is 0 Å². The Kier molecular flexibility index (Phi) is 7.98. The van der Waals surface area contributed by atoms with E-state index in [4.69, 9.17) is 9.47 Å². The predicted octanol–water partition coefficient (Wildman–Crippen LogP) is 5.21. The van der Waals surface area contributed by atoms with Crippen molar-refractivity contribution in [3.63, 3.8) is 0 Å². The van der Waals surface area contributed by atoms with Crippen molar-refractivity contribution in [3.05, 3.63) is 95.6 Å². The van der Waals surface area contributed by atoms with Crippen LogP contribution in [0.25, 0.3) is 11.1 Å². The van der Waals surface area contributed by atoms with Gasteiger partial charge in [-0.3, -0.25) is 9.59 Å². The molecular weight excluding hydrogens is 532 g/mol. The predicted molar refractivity (Wildman–Crippen MR) is 157 cm³/mol. The van der Waals surface area contributed by atoms with Crippen LogP contribution in [0.5, 0.6) is 0 Å². The zero-order valence-electron chi connectivity index (χ0n) is 23.6. The first-order chi connectivity index (χ1) is 20.4. The summed E-state index contributed by atoms with van der Waals surface area (Å²) in [4.78, 5) is 40.9. The number of rotatable bonds is 9. The summed E-state index contributed by atoms with van der Waals surface area (Å²) in [5, 5.41) is 12.6. The maximum absolute atomic E-state index is 14.0. The third-order valence-corrected chi connectivity index (χ3v) is 9.09. The second-order valence-corrected chi connectivity index (χ2v) is 11.6. The number of aliphatic carboxylic acids is 1. The van der Waals surface area contributed by atoms with Crippen LogP contribution in [0, 0.1) is 11.8 Å². The fourth-order valence-electron chi connectivity index (χ4n) is 6.94. The first-order valence-electron chi connectivity index (χ1n) is 14.7. The van der Waals surface area contributed by atoms with Crippen LogP contribution in [-0.4, -0.2) is 59.3 Å². The Labute approximate surface area is 245 Å². The molecular formula is C34H36N2O6. The monoisotopic (exact) mass is 568 g/mol. The van der Waals surface area contributed by atoms with E-state index in [2.05, 4.69) is 29.6 Å². The summed E-state index contributed by atoms with van der Waals surface area (Å²) in [6, 6.07) is 24.4. The SMILES string of the molecule is CC(OCc1ccccc1)C(NC(=O)OCC1c2ccccc2-c2ccccc21)C(=O)N1CC2CCC1C(C(=O)O)C2. The first-order valence-corrected chi connectivity index (χ1v) is 14.7. The van der Waals surface area contributed by atoms with Crippen molar-refractivity contribution in [1.29, 1.82) is 0 Å². The van der Waals surface area contributed by atoms with E-state index in [1.165, 1.54) is 0 Å². The van der Waals surface area contributed by atoms with Crippen LogP contribution in [0.2, 0.25) is 0 Å². The lowest BCUT2D eigenvalue weighted by Gasteiger charge is -2.49. The summed E-state index contributed by atoms with van der Waals surface area (Å²) in [5.41, 5.74) is 5.41. The number of carboxylic acids is 1. The van der Waals surface area contributed by atoms with Gasteiger partial charge in [0, 0.05) is 18.5 Å². The lowest BCUT2D eigenvalue weighted by molar-refractivity contribution is -0.158. The van der Waals surface area contributed by atoms with E-state index in [1.807, 2.05) is 54.6 Å². The van der Waals surface area contributed by atoms with Crippen LogP contribution >= 0.6 is 0 Å². The summed E-state index contributed by atoms with van der Waals surface area (Å²) in [5.74, 6) is -1.78. The molecule has 218 valence electrons. The smallest absolute Gasteiger partial charge is 0.407 e. The highest BCUT2D eigenvalue weighted by Crippen LogP contribution is 2.44. The van der Waals surface area contributed by atoms with Gasteiger partial charge >= 0.3 is 12.1 Å². The molecule has 5 atom stereocenters. The van der Waals surface area contributed by atoms with Crippen LogP contribution in [0.15, 0.2) is 78.9 Å². The van der Waals surface area contributed by atoms with Crippen LogP contribution in [0.1, 0.15) is 48.8 Å². The summed E-state index contributed by atoms with van der Waals surface area (Å²) in [7, 11) is 0. The molecule has 2 saturated heterocycles. The topological polar surface area (TPSA) is 105 Å². The molecule has 2 aliphatic heterocycles. The van der Waals surface area contributed by atoms with Crippen molar-refractivity contribution in [3.8, 4) is 11.1 Å². The molecule has 2 bridgehead atoms. The second-order valence-electron chi connectivity index (χ2n) is 11.6. The van der Waals surface area contributed by atoms with Gasteiger partial charge in [-0.25, -0.2) is 4.79 Å². The first kappa shape index (κ1) is 28.0. The Bertz CT molecular complexity index is 1410. The summed E-state index contributed by atoms with van der Waals surface area (Å²) in [6.07, 6.45) is 0.741. The van der Waals surface area contributed by atoms with Gasteiger partial charge < -0.3 is 24.8 Å². The van der Waals surface area contributed by atoms with Crippen molar-refractivity contribution >= 4 is 18.0 Å². The van der Waals surface area contributed by atoms with Gasteiger partial charge in [-0.15, -0.1) is 0 Å². The average molecular weight is 569 g/mol.